The van der Waals surface area contributed by atoms with E-state index in [4.69, 9.17) is 14.2 Å². The first-order valence-corrected chi connectivity index (χ1v) is 11.8. The van der Waals surface area contributed by atoms with E-state index in [1.807, 2.05) is 60.7 Å². The molecule has 32 heavy (non-hydrogen) atoms. The average molecular weight is 434 g/mol. The van der Waals surface area contributed by atoms with Crippen molar-refractivity contribution in [2.24, 2.45) is 5.92 Å². The first-order valence-electron chi connectivity index (χ1n) is 11.8. The van der Waals surface area contributed by atoms with Crippen molar-refractivity contribution in [1.29, 1.82) is 0 Å². The number of para-hydroxylation sites is 1. The predicted molar refractivity (Wildman–Crippen MR) is 123 cm³/mol. The second-order valence-electron chi connectivity index (χ2n) is 8.95. The fourth-order valence-corrected chi connectivity index (χ4v) is 4.93. The summed E-state index contributed by atoms with van der Waals surface area (Å²) in [5.74, 6) is 1.39. The lowest BCUT2D eigenvalue weighted by Crippen LogP contribution is -2.42. The van der Waals surface area contributed by atoms with Gasteiger partial charge in [-0.3, -0.25) is 0 Å². The number of benzene rings is 2. The quantitative estimate of drug-likeness (QED) is 0.543. The Balaban J connectivity index is 1.33. The van der Waals surface area contributed by atoms with Crippen LogP contribution in [0.1, 0.15) is 56.3 Å². The van der Waals surface area contributed by atoms with Gasteiger partial charge in [-0.15, -0.1) is 0 Å². The molecule has 0 spiro atoms. The first-order chi connectivity index (χ1) is 15.7. The number of rotatable bonds is 8. The van der Waals surface area contributed by atoms with Crippen LogP contribution in [0.4, 0.5) is 6.01 Å². The third-order valence-corrected chi connectivity index (χ3v) is 7.00. The van der Waals surface area contributed by atoms with Gasteiger partial charge in [0.2, 0.25) is 5.82 Å². The molecule has 6 nitrogen and oxygen atoms in total. The molecule has 0 amide bonds. The lowest BCUT2D eigenvalue weighted by Gasteiger charge is -2.39. The van der Waals surface area contributed by atoms with Gasteiger partial charge in [-0.2, -0.15) is 4.98 Å². The summed E-state index contributed by atoms with van der Waals surface area (Å²) in [6, 6.07) is 20.5. The molecule has 2 atom stereocenters. The molecule has 3 aromatic rings. The highest BCUT2D eigenvalue weighted by atomic mass is 16.5. The Kier molecular flexibility index (Phi) is 6.12. The standard InChI is InChI=1S/C26H31N3O3/c30-26(21-12-9-13-21,20-10-3-1-4-11-20)24-27-25(32-28-24)29-18-8-7-14-22(29)17-19-31-23-15-5-2-6-16-23/h1-6,10-11,15-16,21-22,30H,7-9,12-14,17-19H2. The molecule has 1 saturated heterocycles. The number of aliphatic hydroxyl groups is 1. The van der Waals surface area contributed by atoms with E-state index in [0.29, 0.717) is 18.4 Å². The van der Waals surface area contributed by atoms with Crippen molar-refractivity contribution in [1.82, 2.24) is 10.1 Å². The van der Waals surface area contributed by atoms with E-state index in [1.165, 1.54) is 6.42 Å². The SMILES string of the molecule is OC(c1ccccc1)(c1noc(N2CCCCC2CCOc2ccccc2)n1)C1CCC1. The van der Waals surface area contributed by atoms with Crippen LogP contribution in [-0.4, -0.2) is 34.4 Å². The Hall–Kier alpha value is -2.86. The lowest BCUT2D eigenvalue weighted by atomic mass is 9.69. The number of hydrogen-bond donors (Lipinski definition) is 1. The summed E-state index contributed by atoms with van der Waals surface area (Å²) < 4.78 is 11.7. The van der Waals surface area contributed by atoms with Crippen molar-refractivity contribution in [2.45, 2.75) is 56.6 Å². The highest BCUT2D eigenvalue weighted by Crippen LogP contribution is 2.46. The zero-order valence-electron chi connectivity index (χ0n) is 18.4. The van der Waals surface area contributed by atoms with Crippen LogP contribution in [0.15, 0.2) is 65.2 Å². The molecule has 2 aliphatic rings. The summed E-state index contributed by atoms with van der Waals surface area (Å²) >= 11 is 0. The molecule has 0 radical (unpaired) electrons. The molecule has 168 valence electrons. The van der Waals surface area contributed by atoms with Crippen LogP contribution in [0.25, 0.3) is 0 Å². The van der Waals surface area contributed by atoms with Crippen molar-refractivity contribution in [3.8, 4) is 5.75 Å². The number of ether oxygens (including phenoxy) is 1. The van der Waals surface area contributed by atoms with E-state index in [9.17, 15) is 5.11 Å². The number of aromatic nitrogens is 2. The highest BCUT2D eigenvalue weighted by Gasteiger charge is 2.47. The van der Waals surface area contributed by atoms with E-state index in [-0.39, 0.29) is 12.0 Å². The Labute approximate surface area is 189 Å². The number of anilines is 1. The van der Waals surface area contributed by atoms with E-state index >= 15 is 0 Å². The van der Waals surface area contributed by atoms with Crippen LogP contribution in [0.5, 0.6) is 5.75 Å². The zero-order valence-corrected chi connectivity index (χ0v) is 18.4. The molecule has 0 bridgehead atoms. The molecule has 1 N–H and O–H groups in total. The summed E-state index contributed by atoms with van der Waals surface area (Å²) in [7, 11) is 0. The molecule has 5 rings (SSSR count). The molecule has 1 saturated carbocycles. The minimum absolute atomic E-state index is 0.117. The maximum atomic E-state index is 11.8. The Bertz CT molecular complexity index is 990. The molecule has 1 aromatic heterocycles. The molecule has 2 heterocycles. The summed E-state index contributed by atoms with van der Waals surface area (Å²) in [4.78, 5) is 6.97. The number of hydrogen-bond acceptors (Lipinski definition) is 6. The largest absolute Gasteiger partial charge is 0.494 e. The third kappa shape index (κ3) is 4.11. The molecule has 1 aliphatic carbocycles. The third-order valence-electron chi connectivity index (χ3n) is 7.00. The summed E-state index contributed by atoms with van der Waals surface area (Å²) in [5.41, 5.74) is -0.369. The lowest BCUT2D eigenvalue weighted by molar-refractivity contribution is -0.0286. The monoisotopic (exact) mass is 433 g/mol. The molecule has 2 fully saturated rings. The van der Waals surface area contributed by atoms with Gasteiger partial charge in [-0.25, -0.2) is 0 Å². The topological polar surface area (TPSA) is 71.6 Å². The minimum atomic E-state index is -1.21. The smallest absolute Gasteiger partial charge is 0.324 e. The van der Waals surface area contributed by atoms with Crippen molar-refractivity contribution >= 4 is 6.01 Å². The molecule has 6 heteroatoms. The average Bonchev–Trinajstić information content (AvgIpc) is 3.30. The molecule has 2 unspecified atom stereocenters. The maximum absolute atomic E-state index is 11.8. The second kappa shape index (κ2) is 9.33. The van der Waals surface area contributed by atoms with E-state index in [1.54, 1.807) is 0 Å². The van der Waals surface area contributed by atoms with E-state index in [2.05, 4.69) is 10.1 Å². The van der Waals surface area contributed by atoms with Gasteiger partial charge in [0.15, 0.2) is 5.60 Å². The summed E-state index contributed by atoms with van der Waals surface area (Å²) in [6.07, 6.45) is 7.31. The van der Waals surface area contributed by atoms with Gasteiger partial charge in [0, 0.05) is 19.0 Å². The predicted octanol–water partition coefficient (Wildman–Crippen LogP) is 4.93. The van der Waals surface area contributed by atoms with Gasteiger partial charge in [-0.05, 0) is 55.7 Å². The van der Waals surface area contributed by atoms with Gasteiger partial charge in [0.05, 0.1) is 6.61 Å². The molecule has 2 aromatic carbocycles. The van der Waals surface area contributed by atoms with Gasteiger partial charge in [-0.1, -0.05) is 60.1 Å². The summed E-state index contributed by atoms with van der Waals surface area (Å²) in [6.45, 7) is 1.52. The van der Waals surface area contributed by atoms with Gasteiger partial charge >= 0.3 is 6.01 Å². The van der Waals surface area contributed by atoms with Gasteiger partial charge in [0.1, 0.15) is 5.75 Å². The van der Waals surface area contributed by atoms with Gasteiger partial charge < -0.3 is 19.3 Å². The Morgan fingerprint density at radius 3 is 2.44 bits per heavy atom. The normalized spacial score (nSPS) is 21.0. The summed E-state index contributed by atoms with van der Waals surface area (Å²) in [5, 5.41) is 16.1. The first kappa shape index (κ1) is 21.0. The van der Waals surface area contributed by atoms with Crippen LogP contribution in [0, 0.1) is 5.92 Å². The van der Waals surface area contributed by atoms with Crippen LogP contribution in [0.3, 0.4) is 0 Å². The van der Waals surface area contributed by atoms with E-state index in [0.717, 1.165) is 56.4 Å². The molecular formula is C26H31N3O3. The highest BCUT2D eigenvalue weighted by molar-refractivity contribution is 5.35. The Morgan fingerprint density at radius 1 is 0.969 bits per heavy atom. The van der Waals surface area contributed by atoms with Crippen molar-refractivity contribution in [2.75, 3.05) is 18.1 Å². The minimum Gasteiger partial charge on any atom is -0.494 e. The maximum Gasteiger partial charge on any atom is 0.324 e. The van der Waals surface area contributed by atoms with Crippen LogP contribution < -0.4 is 9.64 Å². The van der Waals surface area contributed by atoms with Crippen molar-refractivity contribution in [3.63, 3.8) is 0 Å². The zero-order chi connectivity index (χ0) is 21.8. The van der Waals surface area contributed by atoms with Crippen LogP contribution in [0.2, 0.25) is 0 Å². The van der Waals surface area contributed by atoms with E-state index < -0.39 is 5.60 Å². The Morgan fingerprint density at radius 2 is 1.72 bits per heavy atom. The fraction of sp³-hybridized carbons (Fsp3) is 0.462. The van der Waals surface area contributed by atoms with Crippen molar-refractivity contribution in [3.05, 3.63) is 72.1 Å². The van der Waals surface area contributed by atoms with Gasteiger partial charge in [0.25, 0.3) is 0 Å². The van der Waals surface area contributed by atoms with Crippen LogP contribution >= 0.6 is 0 Å². The van der Waals surface area contributed by atoms with Crippen molar-refractivity contribution < 1.29 is 14.4 Å². The molecule has 1 aliphatic heterocycles. The molecular weight excluding hydrogens is 402 g/mol. The number of nitrogens with zero attached hydrogens (tertiary/aromatic N) is 3. The second-order valence-corrected chi connectivity index (χ2v) is 8.95. The number of piperidine rings is 1. The fourth-order valence-electron chi connectivity index (χ4n) is 4.93. The van der Waals surface area contributed by atoms with Crippen LogP contribution in [-0.2, 0) is 5.60 Å².